The zero-order valence-electron chi connectivity index (χ0n) is 9.04. The highest BCUT2D eigenvalue weighted by Gasteiger charge is 2.17. The number of halogens is 2. The van der Waals surface area contributed by atoms with Gasteiger partial charge in [-0.2, -0.15) is 9.97 Å². The summed E-state index contributed by atoms with van der Waals surface area (Å²) in [5.74, 6) is 0.660. The summed E-state index contributed by atoms with van der Waals surface area (Å²) < 4.78 is 0. The van der Waals surface area contributed by atoms with Crippen LogP contribution in [0, 0.1) is 0 Å². The molecule has 0 saturated carbocycles. The number of anilines is 1. The van der Waals surface area contributed by atoms with Crippen molar-refractivity contribution in [3.05, 3.63) is 10.3 Å². The van der Waals surface area contributed by atoms with Crippen molar-refractivity contribution in [2.75, 3.05) is 24.2 Å². The third-order valence-electron chi connectivity index (χ3n) is 2.61. The molecule has 6 heteroatoms. The maximum Gasteiger partial charge on any atom is 0.228 e. The molecule has 0 aromatic carbocycles. The summed E-state index contributed by atoms with van der Waals surface area (Å²) >= 11 is 13.6. The Kier molecular flexibility index (Phi) is 4.16. The minimum Gasteiger partial charge on any atom is -0.341 e. The zero-order chi connectivity index (χ0) is 11.5. The van der Waals surface area contributed by atoms with E-state index in [9.17, 15) is 0 Å². The first-order valence-corrected chi connectivity index (χ1v) is 7.22. The summed E-state index contributed by atoms with van der Waals surface area (Å²) in [6.07, 6.45) is 5.56. The summed E-state index contributed by atoms with van der Waals surface area (Å²) in [7, 11) is 0. The molecule has 0 aliphatic carbocycles. The van der Waals surface area contributed by atoms with E-state index >= 15 is 0 Å². The Hall–Kier alpha value is -0.190. The molecule has 88 valence electrons. The Balaban J connectivity index is 2.28. The molecule has 0 radical (unpaired) electrons. The van der Waals surface area contributed by atoms with Crippen molar-refractivity contribution in [1.29, 1.82) is 0 Å². The number of aromatic nitrogens is 2. The van der Waals surface area contributed by atoms with Gasteiger partial charge >= 0.3 is 0 Å². The zero-order valence-corrected chi connectivity index (χ0v) is 11.4. The Morgan fingerprint density at radius 1 is 1.06 bits per heavy atom. The van der Waals surface area contributed by atoms with E-state index in [2.05, 4.69) is 14.9 Å². The fourth-order valence-corrected chi connectivity index (χ4v) is 3.06. The first-order valence-electron chi connectivity index (χ1n) is 5.24. The molecule has 1 aromatic heterocycles. The summed E-state index contributed by atoms with van der Waals surface area (Å²) in [6, 6.07) is 0. The summed E-state index contributed by atoms with van der Waals surface area (Å²) in [6.45, 7) is 1.98. The fourth-order valence-electron chi connectivity index (χ4n) is 1.79. The van der Waals surface area contributed by atoms with Crippen LogP contribution in [0.4, 0.5) is 5.95 Å². The van der Waals surface area contributed by atoms with Crippen molar-refractivity contribution < 1.29 is 0 Å². The standard InChI is InChI=1S/C10H13Cl2N3S/c1-16-7-8(11)13-10(14-9(7)12)15-5-3-2-4-6-15/h2-6H2,1H3. The number of piperidine rings is 1. The second kappa shape index (κ2) is 5.43. The fraction of sp³-hybridized carbons (Fsp3) is 0.600. The van der Waals surface area contributed by atoms with Gasteiger partial charge in [-0.3, -0.25) is 0 Å². The van der Waals surface area contributed by atoms with Crippen LogP contribution >= 0.6 is 35.0 Å². The minimum atomic E-state index is 0.452. The van der Waals surface area contributed by atoms with Crippen LogP contribution in [0.5, 0.6) is 0 Å². The molecule has 1 aromatic rings. The number of thioether (sulfide) groups is 1. The highest BCUT2D eigenvalue weighted by molar-refractivity contribution is 7.98. The molecule has 0 bridgehead atoms. The lowest BCUT2D eigenvalue weighted by molar-refractivity contribution is 0.567. The molecule has 2 rings (SSSR count). The van der Waals surface area contributed by atoms with Gasteiger partial charge in [0.25, 0.3) is 0 Å². The number of hydrogen-bond donors (Lipinski definition) is 0. The predicted octanol–water partition coefficient (Wildman–Crippen LogP) is 3.50. The molecule has 2 heterocycles. The van der Waals surface area contributed by atoms with Gasteiger partial charge in [-0.25, -0.2) is 0 Å². The SMILES string of the molecule is CSc1c(Cl)nc(N2CCCCC2)nc1Cl. The summed E-state index contributed by atoms with van der Waals surface area (Å²) in [4.78, 5) is 11.5. The van der Waals surface area contributed by atoms with E-state index in [1.54, 1.807) is 0 Å². The number of rotatable bonds is 2. The van der Waals surface area contributed by atoms with E-state index in [4.69, 9.17) is 23.2 Å². The quantitative estimate of drug-likeness (QED) is 0.611. The molecular weight excluding hydrogens is 265 g/mol. The van der Waals surface area contributed by atoms with E-state index < -0.39 is 0 Å². The molecule has 1 fully saturated rings. The van der Waals surface area contributed by atoms with Crippen LogP contribution in [-0.4, -0.2) is 29.3 Å². The molecule has 3 nitrogen and oxygen atoms in total. The molecule has 1 saturated heterocycles. The van der Waals surface area contributed by atoms with Crippen LogP contribution in [0.1, 0.15) is 19.3 Å². The lowest BCUT2D eigenvalue weighted by Crippen LogP contribution is -2.31. The molecule has 0 unspecified atom stereocenters. The third-order valence-corrected chi connectivity index (χ3v) is 4.18. The van der Waals surface area contributed by atoms with Crippen LogP contribution in [0.15, 0.2) is 4.90 Å². The Labute approximate surface area is 110 Å². The molecule has 16 heavy (non-hydrogen) atoms. The van der Waals surface area contributed by atoms with Crippen molar-refractivity contribution in [2.45, 2.75) is 24.2 Å². The van der Waals surface area contributed by atoms with E-state index in [1.807, 2.05) is 6.26 Å². The van der Waals surface area contributed by atoms with Crippen molar-refractivity contribution in [3.63, 3.8) is 0 Å². The maximum atomic E-state index is 6.07. The van der Waals surface area contributed by atoms with Gasteiger partial charge in [0, 0.05) is 13.1 Å². The van der Waals surface area contributed by atoms with E-state index in [0.717, 1.165) is 18.0 Å². The highest BCUT2D eigenvalue weighted by atomic mass is 35.5. The molecule has 0 amide bonds. The van der Waals surface area contributed by atoms with Gasteiger partial charge in [0.05, 0.1) is 4.90 Å². The second-order valence-electron chi connectivity index (χ2n) is 3.69. The summed E-state index contributed by atoms with van der Waals surface area (Å²) in [5.41, 5.74) is 0. The lowest BCUT2D eigenvalue weighted by atomic mass is 10.1. The van der Waals surface area contributed by atoms with Crippen LogP contribution < -0.4 is 4.90 Å². The van der Waals surface area contributed by atoms with Gasteiger partial charge in [0.2, 0.25) is 5.95 Å². The van der Waals surface area contributed by atoms with Gasteiger partial charge in [-0.1, -0.05) is 23.2 Å². The van der Waals surface area contributed by atoms with Gasteiger partial charge in [0.1, 0.15) is 10.3 Å². The molecule has 1 aliphatic rings. The van der Waals surface area contributed by atoms with Crippen LogP contribution in [-0.2, 0) is 0 Å². The monoisotopic (exact) mass is 277 g/mol. The largest absolute Gasteiger partial charge is 0.341 e. The van der Waals surface area contributed by atoms with Crippen molar-refractivity contribution in [3.8, 4) is 0 Å². The van der Waals surface area contributed by atoms with E-state index in [0.29, 0.717) is 16.3 Å². The third kappa shape index (κ3) is 2.55. The van der Waals surface area contributed by atoms with Crippen LogP contribution in [0.2, 0.25) is 10.3 Å². The van der Waals surface area contributed by atoms with E-state index in [-0.39, 0.29) is 0 Å². The average Bonchev–Trinajstić information content (AvgIpc) is 2.30. The lowest BCUT2D eigenvalue weighted by Gasteiger charge is -2.26. The van der Waals surface area contributed by atoms with Crippen LogP contribution in [0.25, 0.3) is 0 Å². The molecular formula is C10H13Cl2N3S. The van der Waals surface area contributed by atoms with Crippen molar-refractivity contribution >= 4 is 40.9 Å². The van der Waals surface area contributed by atoms with Gasteiger partial charge < -0.3 is 4.90 Å². The highest BCUT2D eigenvalue weighted by Crippen LogP contribution is 2.32. The topological polar surface area (TPSA) is 29.0 Å². The first-order chi connectivity index (χ1) is 7.72. The maximum absolute atomic E-state index is 6.07. The van der Waals surface area contributed by atoms with Crippen molar-refractivity contribution in [2.24, 2.45) is 0 Å². The van der Waals surface area contributed by atoms with Crippen molar-refractivity contribution in [1.82, 2.24) is 9.97 Å². The number of hydrogen-bond acceptors (Lipinski definition) is 4. The second-order valence-corrected chi connectivity index (χ2v) is 5.22. The summed E-state index contributed by atoms with van der Waals surface area (Å²) in [5, 5.41) is 0.904. The molecule has 0 N–H and O–H groups in total. The predicted molar refractivity (Wildman–Crippen MR) is 69.9 cm³/mol. The van der Waals surface area contributed by atoms with Crippen LogP contribution in [0.3, 0.4) is 0 Å². The van der Waals surface area contributed by atoms with E-state index in [1.165, 1.54) is 31.0 Å². The Morgan fingerprint density at radius 2 is 1.62 bits per heavy atom. The molecule has 1 aliphatic heterocycles. The van der Waals surface area contributed by atoms with Gasteiger partial charge in [-0.05, 0) is 25.5 Å². The normalized spacial score (nSPS) is 16.6. The molecule has 0 atom stereocenters. The Bertz CT molecular complexity index is 357. The smallest absolute Gasteiger partial charge is 0.228 e. The molecule has 0 spiro atoms. The first kappa shape index (κ1) is 12.3. The van der Waals surface area contributed by atoms with Gasteiger partial charge in [-0.15, -0.1) is 11.8 Å². The average molecular weight is 278 g/mol. The van der Waals surface area contributed by atoms with Gasteiger partial charge in [0.15, 0.2) is 0 Å². The minimum absolute atomic E-state index is 0.452. The number of nitrogens with zero attached hydrogens (tertiary/aromatic N) is 3. The Morgan fingerprint density at radius 3 is 2.12 bits per heavy atom.